The third-order valence-electron chi connectivity index (χ3n) is 2.84. The molecule has 2 rings (SSSR count). The molecule has 5 heteroatoms. The van der Waals surface area contributed by atoms with E-state index < -0.39 is 0 Å². The van der Waals surface area contributed by atoms with Crippen LogP contribution in [0.15, 0.2) is 24.3 Å². The van der Waals surface area contributed by atoms with E-state index in [-0.39, 0.29) is 27.1 Å². The van der Waals surface area contributed by atoms with Crippen molar-refractivity contribution in [1.29, 1.82) is 0 Å². The molecule has 0 N–H and O–H groups in total. The predicted octanol–water partition coefficient (Wildman–Crippen LogP) is 3.78. The fraction of sp³-hybridized carbons (Fsp3) is 0.529. The van der Waals surface area contributed by atoms with Gasteiger partial charge in [-0.2, -0.15) is 51.0 Å². The van der Waals surface area contributed by atoms with Crippen molar-refractivity contribution >= 4 is 0 Å². The summed E-state index contributed by atoms with van der Waals surface area (Å²) in [7, 11) is 7.00. The molecule has 0 spiro atoms. The van der Waals surface area contributed by atoms with Crippen LogP contribution < -0.4 is 9.97 Å². The van der Waals surface area contributed by atoms with Crippen LogP contribution in [0.2, 0.25) is 0 Å². The maximum Gasteiger partial charge on any atom is 4.00 e. The molecule has 0 aliphatic heterocycles. The van der Waals surface area contributed by atoms with Gasteiger partial charge in [0.1, 0.15) is 0 Å². The van der Waals surface area contributed by atoms with Crippen molar-refractivity contribution in [1.82, 2.24) is 9.97 Å². The normalized spacial score (nSPS) is 9.82. The van der Waals surface area contributed by atoms with E-state index in [2.05, 4.69) is 46.6 Å². The minimum atomic E-state index is -0.0947. The monoisotopic (exact) mass is 336 g/mol. The number of hydrogen-bond acceptors (Lipinski definition) is 0. The maximum absolute atomic E-state index is 4.53. The summed E-state index contributed by atoms with van der Waals surface area (Å²) in [5.41, 5.74) is 4.24. The molecule has 2 heterocycles. The largest absolute Gasteiger partial charge is 4.00 e. The molecule has 0 amide bonds. The van der Waals surface area contributed by atoms with Gasteiger partial charge >= 0.3 is 21.7 Å². The van der Waals surface area contributed by atoms with Gasteiger partial charge in [-0.25, -0.2) is 0 Å². The van der Waals surface area contributed by atoms with Crippen LogP contribution in [0, 0.1) is 13.8 Å². The summed E-state index contributed by atoms with van der Waals surface area (Å²) in [6, 6.07) is 8.26. The molecule has 0 fully saturated rings. The quantitative estimate of drug-likeness (QED) is 0.784. The van der Waals surface area contributed by atoms with Gasteiger partial charge in [-0.15, -0.1) is 0 Å². The average Bonchev–Trinajstić information content (AvgIpc) is 3.00. The Bertz CT molecular complexity index is 456. The molecule has 0 unspecified atom stereocenters. The van der Waals surface area contributed by atoms with Gasteiger partial charge < -0.3 is 20.6 Å². The van der Waals surface area contributed by atoms with Crippen LogP contribution in [0.4, 0.5) is 0 Å². The maximum atomic E-state index is 4.53. The van der Waals surface area contributed by atoms with E-state index in [0.717, 1.165) is 22.8 Å². The zero-order chi connectivity index (χ0) is 16.5. The van der Waals surface area contributed by atoms with Crippen LogP contribution in [-0.2, 0) is 27.1 Å². The molecular formula is C17H28N4Ti. The van der Waals surface area contributed by atoms with Gasteiger partial charge in [0.15, 0.2) is 0 Å². The summed E-state index contributed by atoms with van der Waals surface area (Å²) in [6.07, 6.45) is 0. The molecule has 2 aromatic rings. The molecule has 0 bridgehead atoms. The van der Waals surface area contributed by atoms with Gasteiger partial charge in [0.2, 0.25) is 0 Å². The van der Waals surface area contributed by atoms with Crippen molar-refractivity contribution < 1.29 is 21.7 Å². The van der Waals surface area contributed by atoms with Crippen molar-refractivity contribution in [3.8, 4) is 0 Å². The zero-order valence-corrected chi connectivity index (χ0v) is 16.7. The van der Waals surface area contributed by atoms with Crippen molar-refractivity contribution in [3.63, 3.8) is 0 Å². The van der Waals surface area contributed by atoms with E-state index in [1.165, 1.54) is 0 Å². The molecule has 0 aliphatic rings. The van der Waals surface area contributed by atoms with E-state index in [1.54, 1.807) is 28.2 Å². The number of aromatic nitrogens is 2. The SMILES string of the molecule is C[N-]C.C[N-]C.Cc1ccc(C(C)(C)c2ccc(C)[n-]2)[n-]1.[Ti+4]. The standard InChI is InChI=1S/C13H16N2.2C2H6N.Ti/c1-9-5-7-11(14-9)13(3,4)12-8-6-10(2)15-12;2*1-3-2;/h5-8H,1-4H3;2*1-2H3;/q-2;2*-1;+4. The molecule has 0 saturated heterocycles. The second-order valence-electron chi connectivity index (χ2n) is 5.46. The van der Waals surface area contributed by atoms with Crippen LogP contribution in [0.3, 0.4) is 0 Å². The molecular weight excluding hydrogens is 308 g/mol. The van der Waals surface area contributed by atoms with Gasteiger partial charge in [-0.3, -0.25) is 0 Å². The predicted molar refractivity (Wildman–Crippen MR) is 91.5 cm³/mol. The molecule has 0 atom stereocenters. The summed E-state index contributed by atoms with van der Waals surface area (Å²) in [5.74, 6) is 0. The first-order valence-corrected chi connectivity index (χ1v) is 7.00. The number of aryl methyl sites for hydroxylation is 2. The number of rotatable bonds is 2. The molecule has 22 heavy (non-hydrogen) atoms. The Kier molecular flexibility index (Phi) is 12.5. The van der Waals surface area contributed by atoms with Crippen LogP contribution in [0.1, 0.15) is 36.6 Å². The van der Waals surface area contributed by atoms with Crippen molar-refractivity contribution in [2.75, 3.05) is 28.2 Å². The fourth-order valence-electron chi connectivity index (χ4n) is 1.76. The van der Waals surface area contributed by atoms with Crippen LogP contribution in [-0.4, -0.2) is 28.2 Å². The Morgan fingerprint density at radius 3 is 1.18 bits per heavy atom. The average molecular weight is 336 g/mol. The zero-order valence-electron chi connectivity index (χ0n) is 15.1. The van der Waals surface area contributed by atoms with Gasteiger partial charge in [0.25, 0.3) is 0 Å². The first-order chi connectivity index (χ1) is 9.83. The topological polar surface area (TPSA) is 56.4 Å². The summed E-state index contributed by atoms with van der Waals surface area (Å²) in [6.45, 7) is 8.36. The van der Waals surface area contributed by atoms with Crippen LogP contribution in [0.5, 0.6) is 0 Å². The van der Waals surface area contributed by atoms with E-state index in [4.69, 9.17) is 0 Å². The van der Waals surface area contributed by atoms with Gasteiger partial charge in [-0.05, 0) is 5.41 Å². The van der Waals surface area contributed by atoms with Crippen LogP contribution >= 0.6 is 0 Å². The fourth-order valence-corrected chi connectivity index (χ4v) is 1.76. The first-order valence-electron chi connectivity index (χ1n) is 7.00. The minimum absolute atomic E-state index is 0. The first kappa shape index (κ1) is 23.5. The molecule has 0 aromatic carbocycles. The van der Waals surface area contributed by atoms with E-state index in [1.807, 2.05) is 26.0 Å². The van der Waals surface area contributed by atoms with Crippen molar-refractivity contribution in [3.05, 3.63) is 57.7 Å². The molecule has 4 nitrogen and oxygen atoms in total. The minimum Gasteiger partial charge on any atom is -0.668 e. The third-order valence-corrected chi connectivity index (χ3v) is 2.84. The third kappa shape index (κ3) is 7.45. The van der Waals surface area contributed by atoms with E-state index in [9.17, 15) is 0 Å². The summed E-state index contributed by atoms with van der Waals surface area (Å²) < 4.78 is 0. The second kappa shape index (κ2) is 11.7. The Balaban J connectivity index is 0. The second-order valence-corrected chi connectivity index (χ2v) is 5.46. The Hall–Kier alpha value is -0.806. The van der Waals surface area contributed by atoms with Crippen LogP contribution in [0.25, 0.3) is 10.6 Å². The summed E-state index contributed by atoms with van der Waals surface area (Å²) >= 11 is 0. The molecule has 2 aromatic heterocycles. The molecule has 0 aliphatic carbocycles. The van der Waals surface area contributed by atoms with E-state index >= 15 is 0 Å². The Morgan fingerprint density at radius 1 is 0.727 bits per heavy atom. The van der Waals surface area contributed by atoms with Crippen molar-refractivity contribution in [2.45, 2.75) is 33.1 Å². The molecule has 0 radical (unpaired) electrons. The van der Waals surface area contributed by atoms with Gasteiger partial charge in [0.05, 0.1) is 0 Å². The Labute approximate surface area is 150 Å². The smallest absolute Gasteiger partial charge is 0.668 e. The van der Waals surface area contributed by atoms with Gasteiger partial charge in [0, 0.05) is 0 Å². The Morgan fingerprint density at radius 2 is 1.00 bits per heavy atom. The molecule has 0 saturated carbocycles. The molecule has 120 valence electrons. The number of nitrogens with zero attached hydrogens (tertiary/aromatic N) is 4. The van der Waals surface area contributed by atoms with Gasteiger partial charge in [-0.1, -0.05) is 52.0 Å². The van der Waals surface area contributed by atoms with E-state index in [0.29, 0.717) is 0 Å². The summed E-state index contributed by atoms with van der Waals surface area (Å²) in [4.78, 5) is 9.06. The number of hydrogen-bond donors (Lipinski definition) is 0. The summed E-state index contributed by atoms with van der Waals surface area (Å²) in [5, 5.41) is 7.00. The van der Waals surface area contributed by atoms with Crippen molar-refractivity contribution in [2.24, 2.45) is 0 Å².